The molecule has 1 aromatic heterocycles. The third-order valence-corrected chi connectivity index (χ3v) is 4.18. The SMILES string of the molecule is CCCNc1cc(C(=O)Nc2cccc(Cl)c2Br)ccn1. The lowest BCUT2D eigenvalue weighted by atomic mass is 10.2. The van der Waals surface area contributed by atoms with Crippen molar-refractivity contribution in [3.05, 3.63) is 51.6 Å². The number of hydrogen-bond acceptors (Lipinski definition) is 3. The summed E-state index contributed by atoms with van der Waals surface area (Å²) in [5.74, 6) is 0.481. The zero-order chi connectivity index (χ0) is 15.2. The van der Waals surface area contributed by atoms with Crippen molar-refractivity contribution in [1.29, 1.82) is 0 Å². The van der Waals surface area contributed by atoms with Gasteiger partial charge in [-0.3, -0.25) is 4.79 Å². The molecule has 0 unspecified atom stereocenters. The summed E-state index contributed by atoms with van der Waals surface area (Å²) in [5, 5.41) is 6.53. The molecule has 0 saturated carbocycles. The number of carbonyl (C=O) groups is 1. The van der Waals surface area contributed by atoms with Crippen LogP contribution in [-0.2, 0) is 0 Å². The molecule has 1 heterocycles. The van der Waals surface area contributed by atoms with Crippen LogP contribution in [0.1, 0.15) is 23.7 Å². The summed E-state index contributed by atoms with van der Waals surface area (Å²) in [6.45, 7) is 2.89. The Kier molecular flexibility index (Phi) is 5.59. The van der Waals surface area contributed by atoms with E-state index in [2.05, 4.69) is 38.5 Å². The topological polar surface area (TPSA) is 54.0 Å². The lowest BCUT2D eigenvalue weighted by Crippen LogP contribution is -2.13. The van der Waals surface area contributed by atoms with Gasteiger partial charge in [-0.1, -0.05) is 24.6 Å². The Labute approximate surface area is 137 Å². The Hall–Kier alpha value is -1.59. The van der Waals surface area contributed by atoms with Crippen molar-refractivity contribution in [2.75, 3.05) is 17.2 Å². The second-order valence-corrected chi connectivity index (χ2v) is 5.61. The monoisotopic (exact) mass is 367 g/mol. The summed E-state index contributed by atoms with van der Waals surface area (Å²) in [6.07, 6.45) is 2.60. The minimum Gasteiger partial charge on any atom is -0.370 e. The fourth-order valence-electron chi connectivity index (χ4n) is 1.72. The number of rotatable bonds is 5. The normalized spacial score (nSPS) is 10.2. The average molecular weight is 369 g/mol. The summed E-state index contributed by atoms with van der Waals surface area (Å²) in [7, 11) is 0. The van der Waals surface area contributed by atoms with Crippen molar-refractivity contribution in [2.24, 2.45) is 0 Å². The van der Waals surface area contributed by atoms with E-state index in [0.29, 0.717) is 26.6 Å². The molecular formula is C15H15BrClN3O. The number of benzene rings is 1. The molecule has 21 heavy (non-hydrogen) atoms. The van der Waals surface area contributed by atoms with E-state index >= 15 is 0 Å². The maximum absolute atomic E-state index is 12.3. The molecular weight excluding hydrogens is 354 g/mol. The maximum Gasteiger partial charge on any atom is 0.255 e. The molecule has 0 spiro atoms. The number of pyridine rings is 1. The zero-order valence-corrected chi connectivity index (χ0v) is 13.8. The predicted molar refractivity (Wildman–Crippen MR) is 90.1 cm³/mol. The molecule has 0 atom stereocenters. The van der Waals surface area contributed by atoms with Crippen LogP contribution in [0, 0.1) is 0 Å². The molecule has 4 nitrogen and oxygen atoms in total. The van der Waals surface area contributed by atoms with Gasteiger partial charge in [0.1, 0.15) is 5.82 Å². The molecule has 0 aliphatic rings. The van der Waals surface area contributed by atoms with Crippen LogP contribution < -0.4 is 10.6 Å². The number of anilines is 2. The summed E-state index contributed by atoms with van der Waals surface area (Å²) in [6, 6.07) is 8.71. The molecule has 6 heteroatoms. The maximum atomic E-state index is 12.3. The first-order chi connectivity index (χ1) is 10.1. The van der Waals surface area contributed by atoms with Crippen molar-refractivity contribution in [3.63, 3.8) is 0 Å². The van der Waals surface area contributed by atoms with Crippen molar-refractivity contribution in [1.82, 2.24) is 4.98 Å². The van der Waals surface area contributed by atoms with Gasteiger partial charge in [0.2, 0.25) is 0 Å². The van der Waals surface area contributed by atoms with Gasteiger partial charge in [-0.15, -0.1) is 0 Å². The van der Waals surface area contributed by atoms with Crippen LogP contribution in [-0.4, -0.2) is 17.4 Å². The van der Waals surface area contributed by atoms with Gasteiger partial charge in [0, 0.05) is 18.3 Å². The number of amides is 1. The first-order valence-corrected chi connectivity index (χ1v) is 7.74. The highest BCUT2D eigenvalue weighted by molar-refractivity contribution is 9.10. The summed E-state index contributed by atoms with van der Waals surface area (Å²) < 4.78 is 0.665. The van der Waals surface area contributed by atoms with Crippen molar-refractivity contribution >= 4 is 44.9 Å². The molecule has 0 aliphatic carbocycles. The van der Waals surface area contributed by atoms with E-state index in [1.165, 1.54) is 0 Å². The van der Waals surface area contributed by atoms with Crippen molar-refractivity contribution < 1.29 is 4.79 Å². The van der Waals surface area contributed by atoms with Crippen molar-refractivity contribution in [2.45, 2.75) is 13.3 Å². The zero-order valence-electron chi connectivity index (χ0n) is 11.5. The molecule has 0 aliphatic heterocycles. The van der Waals surface area contributed by atoms with Gasteiger partial charge in [0.05, 0.1) is 15.2 Å². The third-order valence-electron chi connectivity index (χ3n) is 2.78. The molecule has 1 amide bonds. The smallest absolute Gasteiger partial charge is 0.255 e. The number of aromatic nitrogens is 1. The second-order valence-electron chi connectivity index (χ2n) is 4.41. The average Bonchev–Trinajstić information content (AvgIpc) is 2.50. The van der Waals surface area contributed by atoms with Gasteiger partial charge in [-0.25, -0.2) is 4.98 Å². The fourth-order valence-corrected chi connectivity index (χ4v) is 2.25. The Morgan fingerprint density at radius 2 is 2.19 bits per heavy atom. The van der Waals surface area contributed by atoms with Crippen molar-refractivity contribution in [3.8, 4) is 0 Å². The molecule has 2 aromatic rings. The largest absolute Gasteiger partial charge is 0.370 e. The quantitative estimate of drug-likeness (QED) is 0.812. The van der Waals surface area contributed by atoms with E-state index in [4.69, 9.17) is 11.6 Å². The van der Waals surface area contributed by atoms with Gasteiger partial charge in [-0.2, -0.15) is 0 Å². The van der Waals surface area contributed by atoms with E-state index < -0.39 is 0 Å². The van der Waals surface area contributed by atoms with Gasteiger partial charge in [0.25, 0.3) is 5.91 Å². The Morgan fingerprint density at radius 3 is 2.95 bits per heavy atom. The van der Waals surface area contributed by atoms with Gasteiger partial charge in [-0.05, 0) is 46.6 Å². The van der Waals surface area contributed by atoms with Crippen LogP contribution in [0.3, 0.4) is 0 Å². The first-order valence-electron chi connectivity index (χ1n) is 6.57. The highest BCUT2D eigenvalue weighted by Crippen LogP contribution is 2.30. The lowest BCUT2D eigenvalue weighted by molar-refractivity contribution is 0.102. The first kappa shape index (κ1) is 15.8. The van der Waals surface area contributed by atoms with Gasteiger partial charge >= 0.3 is 0 Å². The summed E-state index contributed by atoms with van der Waals surface area (Å²) >= 11 is 9.37. The molecule has 2 N–H and O–H groups in total. The Morgan fingerprint density at radius 1 is 1.38 bits per heavy atom. The van der Waals surface area contributed by atoms with E-state index in [0.717, 1.165) is 13.0 Å². The number of halogens is 2. The van der Waals surface area contributed by atoms with E-state index in [1.807, 2.05) is 0 Å². The number of carbonyl (C=O) groups excluding carboxylic acids is 1. The van der Waals surface area contributed by atoms with E-state index in [-0.39, 0.29) is 5.91 Å². The molecule has 0 saturated heterocycles. The lowest BCUT2D eigenvalue weighted by Gasteiger charge is -2.09. The minimum atomic E-state index is -0.208. The number of nitrogens with zero attached hydrogens (tertiary/aromatic N) is 1. The minimum absolute atomic E-state index is 0.208. The molecule has 110 valence electrons. The van der Waals surface area contributed by atoms with Crippen LogP contribution >= 0.6 is 27.5 Å². The van der Waals surface area contributed by atoms with Gasteiger partial charge < -0.3 is 10.6 Å². The van der Waals surface area contributed by atoms with Crippen LogP contribution in [0.25, 0.3) is 0 Å². The second kappa shape index (κ2) is 7.43. The Bertz CT molecular complexity index is 649. The van der Waals surface area contributed by atoms with Crippen LogP contribution in [0.5, 0.6) is 0 Å². The third kappa shape index (κ3) is 4.19. The van der Waals surface area contributed by atoms with Crippen LogP contribution in [0.2, 0.25) is 5.02 Å². The Balaban J connectivity index is 2.15. The molecule has 0 radical (unpaired) electrons. The van der Waals surface area contributed by atoms with Crippen LogP contribution in [0.4, 0.5) is 11.5 Å². The summed E-state index contributed by atoms with van der Waals surface area (Å²) in [4.78, 5) is 16.4. The number of hydrogen-bond donors (Lipinski definition) is 2. The molecule has 0 fully saturated rings. The standard InChI is InChI=1S/C15H15BrClN3O/c1-2-7-18-13-9-10(6-8-19-13)15(21)20-12-5-3-4-11(17)14(12)16/h3-6,8-9H,2,7H2,1H3,(H,18,19)(H,20,21). The van der Waals surface area contributed by atoms with E-state index in [1.54, 1.807) is 36.5 Å². The molecule has 1 aromatic carbocycles. The highest BCUT2D eigenvalue weighted by atomic mass is 79.9. The highest BCUT2D eigenvalue weighted by Gasteiger charge is 2.10. The molecule has 2 rings (SSSR count). The molecule has 0 bridgehead atoms. The summed E-state index contributed by atoms with van der Waals surface area (Å²) in [5.41, 5.74) is 1.17. The van der Waals surface area contributed by atoms with Gasteiger partial charge in [0.15, 0.2) is 0 Å². The number of nitrogens with one attached hydrogen (secondary N) is 2. The van der Waals surface area contributed by atoms with Crippen LogP contribution in [0.15, 0.2) is 41.0 Å². The fraction of sp³-hybridized carbons (Fsp3) is 0.200. The predicted octanol–water partition coefficient (Wildman–Crippen LogP) is 4.57. The van der Waals surface area contributed by atoms with E-state index in [9.17, 15) is 4.79 Å².